The summed E-state index contributed by atoms with van der Waals surface area (Å²) < 4.78 is 5.79. The van der Waals surface area contributed by atoms with E-state index in [9.17, 15) is 0 Å². The van der Waals surface area contributed by atoms with Crippen LogP contribution in [0.15, 0.2) is 24.5 Å². The minimum atomic E-state index is 0.752. The Kier molecular flexibility index (Phi) is 2.52. The Bertz CT molecular complexity index is 471. The van der Waals surface area contributed by atoms with Gasteiger partial charge in [0.15, 0.2) is 0 Å². The topological polar surface area (TPSA) is 37.9 Å². The van der Waals surface area contributed by atoms with E-state index in [1.165, 1.54) is 25.7 Å². The molecule has 0 atom stereocenters. The van der Waals surface area contributed by atoms with Crippen molar-refractivity contribution in [3.05, 3.63) is 24.5 Å². The lowest BCUT2D eigenvalue weighted by Gasteiger charge is -2.10. The summed E-state index contributed by atoms with van der Waals surface area (Å²) in [5, 5.41) is 1.11. The van der Waals surface area contributed by atoms with Crippen LogP contribution < -0.4 is 4.74 Å². The predicted molar refractivity (Wildman–Crippen MR) is 63.5 cm³/mol. The Morgan fingerprint density at radius 3 is 3.12 bits per heavy atom. The zero-order valence-corrected chi connectivity index (χ0v) is 9.28. The van der Waals surface area contributed by atoms with Gasteiger partial charge in [0.05, 0.1) is 12.8 Å². The molecule has 1 aliphatic carbocycles. The summed E-state index contributed by atoms with van der Waals surface area (Å²) in [7, 11) is 0. The van der Waals surface area contributed by atoms with Gasteiger partial charge in [-0.15, -0.1) is 0 Å². The van der Waals surface area contributed by atoms with Crippen LogP contribution in [-0.4, -0.2) is 16.6 Å². The molecule has 16 heavy (non-hydrogen) atoms. The third kappa shape index (κ3) is 1.90. The fourth-order valence-corrected chi connectivity index (χ4v) is 2.39. The molecule has 1 aliphatic rings. The monoisotopic (exact) mass is 216 g/mol. The van der Waals surface area contributed by atoms with Crippen molar-refractivity contribution in [3.8, 4) is 5.75 Å². The minimum Gasteiger partial charge on any atom is -0.492 e. The smallest absolute Gasteiger partial charge is 0.138 e. The minimum absolute atomic E-state index is 0.752. The molecule has 2 heterocycles. The highest BCUT2D eigenvalue weighted by molar-refractivity contribution is 5.76. The van der Waals surface area contributed by atoms with Crippen molar-refractivity contribution in [2.75, 3.05) is 6.61 Å². The number of pyridine rings is 1. The van der Waals surface area contributed by atoms with Gasteiger partial charge < -0.3 is 9.72 Å². The molecule has 0 aromatic carbocycles. The molecule has 0 radical (unpaired) electrons. The largest absolute Gasteiger partial charge is 0.492 e. The molecule has 0 saturated heterocycles. The molecule has 0 unspecified atom stereocenters. The van der Waals surface area contributed by atoms with Crippen molar-refractivity contribution in [3.63, 3.8) is 0 Å². The first-order valence-corrected chi connectivity index (χ1v) is 5.98. The van der Waals surface area contributed by atoms with Gasteiger partial charge in [0.1, 0.15) is 11.4 Å². The Balaban J connectivity index is 1.68. The first kappa shape index (κ1) is 9.70. The molecule has 3 rings (SSSR count). The van der Waals surface area contributed by atoms with Gasteiger partial charge in [0, 0.05) is 11.6 Å². The molecular formula is C13H16N2O. The second-order valence-electron chi connectivity index (χ2n) is 4.55. The van der Waals surface area contributed by atoms with Gasteiger partial charge in [-0.3, -0.25) is 0 Å². The van der Waals surface area contributed by atoms with Crippen molar-refractivity contribution < 1.29 is 4.74 Å². The summed E-state index contributed by atoms with van der Waals surface area (Å²) in [5.74, 6) is 1.64. The number of fused-ring (bicyclic) bond motifs is 1. The summed E-state index contributed by atoms with van der Waals surface area (Å²) in [4.78, 5) is 7.38. The molecule has 1 fully saturated rings. The van der Waals surface area contributed by atoms with E-state index in [1.54, 1.807) is 6.20 Å². The molecule has 84 valence electrons. The standard InChI is InChI=1S/C13H16N2O/c1-2-4-10(3-1)9-16-12-7-11-5-6-14-13(11)15-8-12/h5-8,10H,1-4,9H2,(H,14,15). The van der Waals surface area contributed by atoms with Gasteiger partial charge in [-0.2, -0.15) is 0 Å². The van der Waals surface area contributed by atoms with Crippen molar-refractivity contribution >= 4 is 11.0 Å². The van der Waals surface area contributed by atoms with Crippen LogP contribution in [0.3, 0.4) is 0 Å². The molecule has 0 spiro atoms. The second-order valence-corrected chi connectivity index (χ2v) is 4.55. The number of H-pyrrole nitrogens is 1. The predicted octanol–water partition coefficient (Wildman–Crippen LogP) is 3.13. The van der Waals surface area contributed by atoms with Crippen LogP contribution in [0.25, 0.3) is 11.0 Å². The molecule has 3 nitrogen and oxygen atoms in total. The maximum Gasteiger partial charge on any atom is 0.138 e. The van der Waals surface area contributed by atoms with E-state index in [-0.39, 0.29) is 0 Å². The normalized spacial score (nSPS) is 17.0. The van der Waals surface area contributed by atoms with Crippen LogP contribution in [0.2, 0.25) is 0 Å². The van der Waals surface area contributed by atoms with E-state index in [1.807, 2.05) is 18.3 Å². The van der Waals surface area contributed by atoms with E-state index in [2.05, 4.69) is 9.97 Å². The van der Waals surface area contributed by atoms with Crippen molar-refractivity contribution in [2.24, 2.45) is 5.92 Å². The molecule has 0 amide bonds. The number of nitrogens with zero attached hydrogens (tertiary/aromatic N) is 1. The fourth-order valence-electron chi connectivity index (χ4n) is 2.39. The van der Waals surface area contributed by atoms with E-state index in [0.717, 1.165) is 29.3 Å². The number of nitrogens with one attached hydrogen (secondary N) is 1. The highest BCUT2D eigenvalue weighted by atomic mass is 16.5. The van der Waals surface area contributed by atoms with Crippen molar-refractivity contribution in [1.29, 1.82) is 0 Å². The summed E-state index contributed by atoms with van der Waals surface area (Å²) in [6.07, 6.45) is 9.07. The van der Waals surface area contributed by atoms with Gasteiger partial charge in [-0.1, -0.05) is 12.8 Å². The molecule has 3 heteroatoms. The van der Waals surface area contributed by atoms with Gasteiger partial charge in [-0.25, -0.2) is 4.98 Å². The molecule has 1 saturated carbocycles. The Labute approximate surface area is 94.8 Å². The molecule has 2 aromatic heterocycles. The maximum absolute atomic E-state index is 5.79. The van der Waals surface area contributed by atoms with Crippen LogP contribution in [0.5, 0.6) is 5.75 Å². The molecular weight excluding hydrogens is 200 g/mol. The van der Waals surface area contributed by atoms with Gasteiger partial charge in [-0.05, 0) is 30.9 Å². The fraction of sp³-hybridized carbons (Fsp3) is 0.462. The molecule has 0 bridgehead atoms. The SMILES string of the molecule is c1cc2cc(OCC3CCCC3)cnc2[nH]1. The lowest BCUT2D eigenvalue weighted by atomic mass is 10.1. The summed E-state index contributed by atoms with van der Waals surface area (Å²) in [5.41, 5.74) is 0.924. The third-order valence-corrected chi connectivity index (χ3v) is 3.34. The van der Waals surface area contributed by atoms with Crippen molar-refractivity contribution in [2.45, 2.75) is 25.7 Å². The number of hydrogen-bond donors (Lipinski definition) is 1. The number of aromatic amines is 1. The maximum atomic E-state index is 5.79. The van der Waals surface area contributed by atoms with Crippen LogP contribution in [0.1, 0.15) is 25.7 Å². The lowest BCUT2D eigenvalue weighted by molar-refractivity contribution is 0.251. The zero-order valence-electron chi connectivity index (χ0n) is 9.28. The number of rotatable bonds is 3. The van der Waals surface area contributed by atoms with Crippen molar-refractivity contribution in [1.82, 2.24) is 9.97 Å². The molecule has 0 aliphatic heterocycles. The second kappa shape index (κ2) is 4.16. The van der Waals surface area contributed by atoms with Crippen LogP contribution in [0, 0.1) is 5.92 Å². The lowest BCUT2D eigenvalue weighted by Crippen LogP contribution is -2.08. The number of ether oxygens (including phenoxy) is 1. The summed E-state index contributed by atoms with van der Waals surface area (Å²) >= 11 is 0. The average molecular weight is 216 g/mol. The number of hydrogen-bond acceptors (Lipinski definition) is 2. The molecule has 1 N–H and O–H groups in total. The van der Waals surface area contributed by atoms with E-state index in [0.29, 0.717) is 0 Å². The van der Waals surface area contributed by atoms with Crippen LogP contribution in [0.4, 0.5) is 0 Å². The van der Waals surface area contributed by atoms with E-state index in [4.69, 9.17) is 4.74 Å². The highest BCUT2D eigenvalue weighted by Crippen LogP contribution is 2.26. The molecule has 2 aromatic rings. The first-order valence-electron chi connectivity index (χ1n) is 5.98. The Morgan fingerprint density at radius 1 is 1.38 bits per heavy atom. The van der Waals surface area contributed by atoms with Gasteiger partial charge >= 0.3 is 0 Å². The van der Waals surface area contributed by atoms with E-state index < -0.39 is 0 Å². The quantitative estimate of drug-likeness (QED) is 0.856. The average Bonchev–Trinajstić information content (AvgIpc) is 2.97. The Morgan fingerprint density at radius 2 is 2.25 bits per heavy atom. The zero-order chi connectivity index (χ0) is 10.8. The van der Waals surface area contributed by atoms with Gasteiger partial charge in [0.2, 0.25) is 0 Å². The highest BCUT2D eigenvalue weighted by Gasteiger charge is 2.15. The first-order chi connectivity index (χ1) is 7.92. The van der Waals surface area contributed by atoms with E-state index >= 15 is 0 Å². The summed E-state index contributed by atoms with van der Waals surface area (Å²) in [6.45, 7) is 0.845. The Hall–Kier alpha value is -1.51. The van der Waals surface area contributed by atoms with Gasteiger partial charge in [0.25, 0.3) is 0 Å². The van der Waals surface area contributed by atoms with Crippen LogP contribution in [-0.2, 0) is 0 Å². The third-order valence-electron chi connectivity index (χ3n) is 3.34. The number of aromatic nitrogens is 2. The van der Waals surface area contributed by atoms with Crippen LogP contribution >= 0.6 is 0 Å². The summed E-state index contributed by atoms with van der Waals surface area (Å²) in [6, 6.07) is 4.07.